The van der Waals surface area contributed by atoms with Gasteiger partial charge in [0, 0.05) is 6.07 Å². The molecule has 0 fully saturated rings. The summed E-state index contributed by atoms with van der Waals surface area (Å²) in [6.45, 7) is 1.77. The zero-order chi connectivity index (χ0) is 19.7. The number of rotatable bonds is 5. The molecule has 4 rings (SSSR count). The molecule has 0 spiro atoms. The first kappa shape index (κ1) is 18.1. The van der Waals surface area contributed by atoms with E-state index in [1.165, 1.54) is 21.9 Å². The topological polar surface area (TPSA) is 112 Å². The van der Waals surface area contributed by atoms with Crippen molar-refractivity contribution < 1.29 is 19.1 Å². The number of carbonyl (C=O) groups is 2. The van der Waals surface area contributed by atoms with Gasteiger partial charge in [-0.15, -0.1) is 0 Å². The minimum Gasteiger partial charge on any atom is -0.478 e. The largest absolute Gasteiger partial charge is 0.478 e. The van der Waals surface area contributed by atoms with Gasteiger partial charge in [0.15, 0.2) is 6.10 Å². The molecule has 1 atom stereocenters. The molecule has 0 radical (unpaired) electrons. The van der Waals surface area contributed by atoms with E-state index >= 15 is 0 Å². The Morgan fingerprint density at radius 1 is 1.36 bits per heavy atom. The highest BCUT2D eigenvalue weighted by Gasteiger charge is 2.30. The van der Waals surface area contributed by atoms with Crippen LogP contribution >= 0.6 is 11.3 Å². The van der Waals surface area contributed by atoms with E-state index in [1.54, 1.807) is 24.3 Å². The first-order chi connectivity index (χ1) is 13.5. The van der Waals surface area contributed by atoms with Gasteiger partial charge in [0.1, 0.15) is 17.4 Å². The van der Waals surface area contributed by atoms with Crippen LogP contribution in [0.1, 0.15) is 24.0 Å². The highest BCUT2D eigenvalue weighted by molar-refractivity contribution is 7.16. The number of aromatic nitrogens is 3. The number of benzene rings is 1. The van der Waals surface area contributed by atoms with Crippen molar-refractivity contribution in [3.8, 4) is 5.75 Å². The van der Waals surface area contributed by atoms with Crippen molar-refractivity contribution in [1.82, 2.24) is 14.6 Å². The summed E-state index contributed by atoms with van der Waals surface area (Å²) in [6, 6.07) is 8.25. The van der Waals surface area contributed by atoms with E-state index in [9.17, 15) is 14.4 Å². The van der Waals surface area contributed by atoms with Gasteiger partial charge in [-0.3, -0.25) is 14.4 Å². The molecular formula is C18H16N4O5S. The first-order valence-electron chi connectivity index (χ1n) is 8.64. The van der Waals surface area contributed by atoms with Crippen molar-refractivity contribution in [3.05, 3.63) is 51.4 Å². The Morgan fingerprint density at radius 3 is 3.00 bits per heavy atom. The SMILES string of the molecule is CCc1nn2c(=O)cc(COC(=O)C[C@H]3Oc4ccccc4NC3=O)nc2s1. The summed E-state index contributed by atoms with van der Waals surface area (Å²) in [5.41, 5.74) is 0.550. The number of carbonyl (C=O) groups excluding carboxylic acids is 2. The molecule has 3 heterocycles. The Hall–Kier alpha value is -3.27. The van der Waals surface area contributed by atoms with Crippen LogP contribution in [0.2, 0.25) is 0 Å². The van der Waals surface area contributed by atoms with E-state index in [-0.39, 0.29) is 18.6 Å². The molecule has 1 aliphatic heterocycles. The molecular weight excluding hydrogens is 384 g/mol. The van der Waals surface area contributed by atoms with Gasteiger partial charge >= 0.3 is 5.97 Å². The van der Waals surface area contributed by atoms with Gasteiger partial charge in [0.2, 0.25) is 4.96 Å². The van der Waals surface area contributed by atoms with Crippen molar-refractivity contribution in [1.29, 1.82) is 0 Å². The third-order valence-electron chi connectivity index (χ3n) is 4.08. The molecule has 1 amide bonds. The lowest BCUT2D eigenvalue weighted by atomic mass is 10.1. The molecule has 3 aromatic rings. The predicted molar refractivity (Wildman–Crippen MR) is 100 cm³/mol. The number of aryl methyl sites for hydroxylation is 1. The number of nitrogens with one attached hydrogen (secondary N) is 1. The summed E-state index contributed by atoms with van der Waals surface area (Å²) < 4.78 is 12.0. The zero-order valence-electron chi connectivity index (χ0n) is 14.9. The van der Waals surface area contributed by atoms with Crippen molar-refractivity contribution >= 4 is 33.9 Å². The number of esters is 1. The fourth-order valence-corrected chi connectivity index (χ4v) is 3.56. The molecule has 1 aliphatic rings. The Labute approximate surface area is 162 Å². The Morgan fingerprint density at radius 2 is 2.18 bits per heavy atom. The minimum atomic E-state index is -0.975. The monoisotopic (exact) mass is 400 g/mol. The molecule has 0 unspecified atom stereocenters. The second kappa shape index (κ2) is 7.39. The molecule has 144 valence electrons. The lowest BCUT2D eigenvalue weighted by molar-refractivity contribution is -0.149. The lowest BCUT2D eigenvalue weighted by Gasteiger charge is -2.25. The third-order valence-corrected chi connectivity index (χ3v) is 5.13. The van der Waals surface area contributed by atoms with Crippen LogP contribution in [0, 0.1) is 0 Å². The fourth-order valence-electron chi connectivity index (χ4n) is 2.70. The van der Waals surface area contributed by atoms with E-state index in [1.807, 2.05) is 6.92 Å². The van der Waals surface area contributed by atoms with Crippen LogP contribution in [-0.4, -0.2) is 32.6 Å². The van der Waals surface area contributed by atoms with Crippen molar-refractivity contribution in [3.63, 3.8) is 0 Å². The van der Waals surface area contributed by atoms with Crippen LogP contribution < -0.4 is 15.6 Å². The van der Waals surface area contributed by atoms with Gasteiger partial charge in [-0.25, -0.2) is 4.98 Å². The van der Waals surface area contributed by atoms with E-state index < -0.39 is 18.0 Å². The van der Waals surface area contributed by atoms with Gasteiger partial charge in [-0.2, -0.15) is 9.61 Å². The number of fused-ring (bicyclic) bond motifs is 2. The van der Waals surface area contributed by atoms with E-state index in [0.29, 0.717) is 28.5 Å². The summed E-state index contributed by atoms with van der Waals surface area (Å²) in [5, 5.41) is 7.64. The highest BCUT2D eigenvalue weighted by Crippen LogP contribution is 2.29. The number of anilines is 1. The summed E-state index contributed by atoms with van der Waals surface area (Å²) in [7, 11) is 0. The van der Waals surface area contributed by atoms with Crippen molar-refractivity contribution in [2.75, 3.05) is 5.32 Å². The molecule has 10 heteroatoms. The van der Waals surface area contributed by atoms with E-state index in [4.69, 9.17) is 9.47 Å². The van der Waals surface area contributed by atoms with Crippen LogP contribution in [0.4, 0.5) is 5.69 Å². The van der Waals surface area contributed by atoms with Crippen LogP contribution in [0.5, 0.6) is 5.75 Å². The number of nitrogens with zero attached hydrogens (tertiary/aromatic N) is 3. The van der Waals surface area contributed by atoms with Gasteiger partial charge < -0.3 is 14.8 Å². The maximum absolute atomic E-state index is 12.1. The average molecular weight is 400 g/mol. The van der Waals surface area contributed by atoms with Crippen LogP contribution in [0.25, 0.3) is 4.96 Å². The van der Waals surface area contributed by atoms with Gasteiger partial charge in [0.25, 0.3) is 11.5 Å². The fraction of sp³-hybridized carbons (Fsp3) is 0.278. The summed E-state index contributed by atoms with van der Waals surface area (Å²) >= 11 is 1.31. The second-order valence-corrected chi connectivity index (χ2v) is 7.13. The smallest absolute Gasteiger partial charge is 0.310 e. The highest BCUT2D eigenvalue weighted by atomic mass is 32.1. The maximum Gasteiger partial charge on any atom is 0.310 e. The molecule has 28 heavy (non-hydrogen) atoms. The summed E-state index contributed by atoms with van der Waals surface area (Å²) in [5.74, 6) is -0.540. The van der Waals surface area contributed by atoms with E-state index in [0.717, 1.165) is 5.01 Å². The standard InChI is InChI=1S/C18H16N4O5S/c1-2-14-21-22-15(23)7-10(19-18(22)28-14)9-26-16(24)8-13-17(25)20-11-5-3-4-6-12(11)27-13/h3-7,13H,2,8-9H2,1H3,(H,20,25)/t13-/m1/s1. The molecule has 0 bridgehead atoms. The van der Waals surface area contributed by atoms with Crippen LogP contribution in [0.15, 0.2) is 35.1 Å². The molecule has 0 aliphatic carbocycles. The molecule has 0 saturated heterocycles. The number of amides is 1. The van der Waals surface area contributed by atoms with Crippen molar-refractivity contribution in [2.24, 2.45) is 0 Å². The average Bonchev–Trinajstić information content (AvgIpc) is 3.11. The lowest BCUT2D eigenvalue weighted by Crippen LogP contribution is -2.38. The van der Waals surface area contributed by atoms with Gasteiger partial charge in [0.05, 0.1) is 17.8 Å². The van der Waals surface area contributed by atoms with Crippen LogP contribution in [-0.2, 0) is 27.4 Å². The first-order valence-corrected chi connectivity index (χ1v) is 9.46. The normalized spacial score (nSPS) is 15.6. The Kier molecular flexibility index (Phi) is 4.78. The molecule has 9 nitrogen and oxygen atoms in total. The minimum absolute atomic E-state index is 0.172. The summed E-state index contributed by atoms with van der Waals surface area (Å²) in [6.07, 6.45) is -0.524. The number of hydrogen-bond donors (Lipinski definition) is 1. The molecule has 1 aromatic carbocycles. The van der Waals surface area contributed by atoms with E-state index in [2.05, 4.69) is 15.4 Å². The van der Waals surface area contributed by atoms with Gasteiger partial charge in [-0.1, -0.05) is 30.4 Å². The third kappa shape index (κ3) is 3.58. The number of para-hydroxylation sites is 2. The number of ether oxygens (including phenoxy) is 2. The molecule has 1 N–H and O–H groups in total. The van der Waals surface area contributed by atoms with Crippen LogP contribution in [0.3, 0.4) is 0 Å². The molecule has 2 aromatic heterocycles. The molecule has 0 saturated carbocycles. The summed E-state index contributed by atoms with van der Waals surface area (Å²) in [4.78, 5) is 41.1. The Bertz CT molecular complexity index is 1120. The Balaban J connectivity index is 1.40. The van der Waals surface area contributed by atoms with Gasteiger partial charge in [-0.05, 0) is 18.6 Å². The number of hydrogen-bond acceptors (Lipinski definition) is 8. The second-order valence-electron chi connectivity index (χ2n) is 6.09. The maximum atomic E-state index is 12.1. The predicted octanol–water partition coefficient (Wildman–Crippen LogP) is 1.55. The zero-order valence-corrected chi connectivity index (χ0v) is 15.7. The quantitative estimate of drug-likeness (QED) is 0.647. The van der Waals surface area contributed by atoms with Crippen molar-refractivity contribution in [2.45, 2.75) is 32.5 Å².